The first-order chi connectivity index (χ1) is 12.3. The lowest BCUT2D eigenvalue weighted by Crippen LogP contribution is -2.17. The van der Waals surface area contributed by atoms with Crippen molar-refractivity contribution in [3.63, 3.8) is 0 Å². The number of hydrogen-bond donors (Lipinski definition) is 0. The average molecular weight is 456 g/mol. The van der Waals surface area contributed by atoms with Crippen molar-refractivity contribution in [3.8, 4) is 17.3 Å². The van der Waals surface area contributed by atoms with Gasteiger partial charge >= 0.3 is 6.18 Å². The van der Waals surface area contributed by atoms with Gasteiger partial charge in [0.1, 0.15) is 32.0 Å². The van der Waals surface area contributed by atoms with Gasteiger partial charge < -0.3 is 14.0 Å². The molecule has 0 spiro atoms. The van der Waals surface area contributed by atoms with Crippen molar-refractivity contribution in [3.05, 3.63) is 45.0 Å². The van der Waals surface area contributed by atoms with E-state index in [-0.39, 0.29) is 29.1 Å². The molecular formula is C16H12BrClF4N2O2. The van der Waals surface area contributed by atoms with E-state index in [9.17, 15) is 22.8 Å². The van der Waals surface area contributed by atoms with E-state index in [0.29, 0.717) is 10.6 Å². The first-order valence-electron chi connectivity index (χ1n) is 7.18. The summed E-state index contributed by atoms with van der Waals surface area (Å²) in [6, 6.07) is 7.79. The van der Waals surface area contributed by atoms with Crippen LogP contribution >= 0.6 is 27.5 Å². The highest BCUT2D eigenvalue weighted by molar-refractivity contribution is 9.10. The molecule has 0 unspecified atom stereocenters. The van der Waals surface area contributed by atoms with Gasteiger partial charge in [0.05, 0.1) is 22.3 Å². The van der Waals surface area contributed by atoms with Gasteiger partial charge in [0, 0.05) is 5.02 Å². The van der Waals surface area contributed by atoms with Gasteiger partial charge in [0.2, 0.25) is 0 Å². The molecule has 0 amide bonds. The molecule has 10 heteroatoms. The molecule has 26 heavy (non-hydrogen) atoms. The predicted octanol–water partition coefficient (Wildman–Crippen LogP) is 5.38. The minimum Gasteiger partial charge on any atom is -0.353 e. The summed E-state index contributed by atoms with van der Waals surface area (Å²) in [5.41, 5.74) is -0.873. The number of nitriles is 1. The number of nitrogens with zero attached hydrogens (tertiary/aromatic N) is 2. The molecule has 0 N–H and O–H groups in total. The van der Waals surface area contributed by atoms with Crippen molar-refractivity contribution in [1.82, 2.24) is 4.57 Å². The number of rotatable bonds is 7. The van der Waals surface area contributed by atoms with Gasteiger partial charge in [0.15, 0.2) is 0 Å². The van der Waals surface area contributed by atoms with E-state index >= 15 is 0 Å². The monoisotopic (exact) mass is 454 g/mol. The number of benzene rings is 1. The summed E-state index contributed by atoms with van der Waals surface area (Å²) in [4.78, 5) is 0. The zero-order valence-electron chi connectivity index (χ0n) is 13.1. The summed E-state index contributed by atoms with van der Waals surface area (Å²) in [7, 11) is 0. The predicted molar refractivity (Wildman–Crippen MR) is 90.2 cm³/mol. The Hall–Kier alpha value is -1.60. The van der Waals surface area contributed by atoms with E-state index in [1.54, 1.807) is 6.07 Å². The average Bonchev–Trinajstić information content (AvgIpc) is 2.87. The molecule has 4 nitrogen and oxygen atoms in total. The summed E-state index contributed by atoms with van der Waals surface area (Å²) in [5.74, 6) is 0. The standard InChI is InChI=1S/C16H12BrClF4N2O2/c17-13-12(7-23)14(10-1-3-11(18)4-2-10)24(15(13)16(20,21)22)8-26-9-25-6-5-19/h1-4H,5-6,8-9H2. The highest BCUT2D eigenvalue weighted by Gasteiger charge is 2.40. The summed E-state index contributed by atoms with van der Waals surface area (Å²) >= 11 is 8.69. The second kappa shape index (κ2) is 8.86. The van der Waals surface area contributed by atoms with E-state index in [0.717, 1.165) is 4.57 Å². The second-order valence-corrected chi connectivity index (χ2v) is 6.21. The van der Waals surface area contributed by atoms with E-state index in [4.69, 9.17) is 21.1 Å². The molecule has 140 valence electrons. The van der Waals surface area contributed by atoms with Crippen LogP contribution in [0.4, 0.5) is 17.6 Å². The van der Waals surface area contributed by atoms with Crippen LogP contribution in [0.25, 0.3) is 11.3 Å². The molecule has 1 aromatic carbocycles. The lowest BCUT2D eigenvalue weighted by atomic mass is 10.1. The molecule has 0 bridgehead atoms. The van der Waals surface area contributed by atoms with Crippen LogP contribution in [-0.4, -0.2) is 24.6 Å². The molecule has 0 radical (unpaired) electrons. The van der Waals surface area contributed by atoms with Gasteiger partial charge in [-0.1, -0.05) is 23.7 Å². The van der Waals surface area contributed by atoms with Crippen molar-refractivity contribution in [1.29, 1.82) is 5.26 Å². The summed E-state index contributed by atoms with van der Waals surface area (Å²) in [6.07, 6.45) is -4.74. The van der Waals surface area contributed by atoms with Crippen LogP contribution in [0.3, 0.4) is 0 Å². The summed E-state index contributed by atoms with van der Waals surface area (Å²) < 4.78 is 62.9. The number of alkyl halides is 4. The van der Waals surface area contributed by atoms with Crippen LogP contribution in [0.5, 0.6) is 0 Å². The van der Waals surface area contributed by atoms with Gasteiger partial charge in [-0.05, 0) is 33.6 Å². The quantitative estimate of drug-likeness (QED) is 0.320. The SMILES string of the molecule is N#Cc1c(Br)c(C(F)(F)F)n(COCOCCF)c1-c1ccc(Cl)cc1. The molecule has 1 aromatic heterocycles. The van der Waals surface area contributed by atoms with Crippen LogP contribution < -0.4 is 0 Å². The molecule has 2 rings (SSSR count). The van der Waals surface area contributed by atoms with E-state index in [1.807, 2.05) is 0 Å². The Morgan fingerprint density at radius 1 is 1.19 bits per heavy atom. The summed E-state index contributed by atoms with van der Waals surface area (Å²) in [6.45, 7) is -1.89. The molecule has 0 saturated carbocycles. The third-order valence-corrected chi connectivity index (χ3v) is 4.33. The van der Waals surface area contributed by atoms with Crippen LogP contribution in [0.2, 0.25) is 5.02 Å². The molecule has 1 heterocycles. The van der Waals surface area contributed by atoms with Crippen LogP contribution in [0.1, 0.15) is 11.3 Å². The molecule has 2 aromatic rings. The maximum atomic E-state index is 13.5. The molecule has 0 saturated heterocycles. The highest BCUT2D eigenvalue weighted by Crippen LogP contribution is 2.43. The highest BCUT2D eigenvalue weighted by atomic mass is 79.9. The van der Waals surface area contributed by atoms with Crippen molar-refractivity contribution in [2.24, 2.45) is 0 Å². The van der Waals surface area contributed by atoms with Crippen LogP contribution in [0.15, 0.2) is 28.7 Å². The van der Waals surface area contributed by atoms with Crippen molar-refractivity contribution in [2.45, 2.75) is 12.9 Å². The largest absolute Gasteiger partial charge is 0.432 e. The number of aromatic nitrogens is 1. The lowest BCUT2D eigenvalue weighted by Gasteiger charge is -2.16. The number of hydrogen-bond acceptors (Lipinski definition) is 3. The zero-order chi connectivity index (χ0) is 19.3. The van der Waals surface area contributed by atoms with Gasteiger partial charge in [-0.15, -0.1) is 0 Å². The Morgan fingerprint density at radius 2 is 1.85 bits per heavy atom. The molecular weight excluding hydrogens is 444 g/mol. The van der Waals surface area contributed by atoms with Crippen molar-refractivity contribution in [2.75, 3.05) is 20.1 Å². The molecule has 0 aliphatic carbocycles. The Bertz CT molecular complexity index is 801. The third-order valence-electron chi connectivity index (χ3n) is 3.31. The van der Waals surface area contributed by atoms with Crippen molar-refractivity contribution >= 4 is 27.5 Å². The van der Waals surface area contributed by atoms with Crippen molar-refractivity contribution < 1.29 is 27.0 Å². The van der Waals surface area contributed by atoms with E-state index in [2.05, 4.69) is 15.9 Å². The zero-order valence-corrected chi connectivity index (χ0v) is 15.5. The Balaban J connectivity index is 2.53. The normalized spacial score (nSPS) is 11.6. The Kier molecular flexibility index (Phi) is 7.06. The Morgan fingerprint density at radius 3 is 2.38 bits per heavy atom. The van der Waals surface area contributed by atoms with Gasteiger partial charge in [-0.25, -0.2) is 4.39 Å². The van der Waals surface area contributed by atoms with E-state index in [1.165, 1.54) is 24.3 Å². The number of ether oxygens (including phenoxy) is 2. The molecule has 0 fully saturated rings. The minimum atomic E-state index is -4.74. The molecule has 0 aliphatic rings. The fraction of sp³-hybridized carbons (Fsp3) is 0.312. The van der Waals surface area contributed by atoms with Gasteiger partial charge in [0.25, 0.3) is 0 Å². The van der Waals surface area contributed by atoms with Crippen LogP contribution in [-0.2, 0) is 22.4 Å². The van der Waals surface area contributed by atoms with Gasteiger partial charge in [-0.2, -0.15) is 18.4 Å². The van der Waals surface area contributed by atoms with Crippen LogP contribution in [0, 0.1) is 11.3 Å². The first-order valence-corrected chi connectivity index (χ1v) is 8.35. The van der Waals surface area contributed by atoms with Gasteiger partial charge in [-0.3, -0.25) is 0 Å². The number of halogens is 6. The summed E-state index contributed by atoms with van der Waals surface area (Å²) in [5, 5.41) is 9.77. The lowest BCUT2D eigenvalue weighted by molar-refractivity contribution is -0.149. The second-order valence-electron chi connectivity index (χ2n) is 4.98. The molecule has 0 atom stereocenters. The maximum Gasteiger partial charge on any atom is 0.432 e. The first kappa shape index (κ1) is 20.7. The third kappa shape index (κ3) is 4.57. The fourth-order valence-corrected chi connectivity index (χ4v) is 3.15. The Labute approximate surface area is 160 Å². The maximum absolute atomic E-state index is 13.5. The topological polar surface area (TPSA) is 47.2 Å². The fourth-order valence-electron chi connectivity index (χ4n) is 2.31. The van der Waals surface area contributed by atoms with E-state index < -0.39 is 25.3 Å². The molecule has 0 aliphatic heterocycles. The minimum absolute atomic E-state index is 0.0221. The smallest absolute Gasteiger partial charge is 0.353 e.